The fraction of sp³-hybridized carbons (Fsp3) is 0.833. The van der Waals surface area contributed by atoms with Crippen LogP contribution >= 0.6 is 0 Å². The van der Waals surface area contributed by atoms with Gasteiger partial charge in [-0.2, -0.15) is 5.10 Å². The van der Waals surface area contributed by atoms with E-state index in [4.69, 9.17) is 0 Å². The molecule has 0 aromatic carbocycles. The summed E-state index contributed by atoms with van der Waals surface area (Å²) in [5, 5.41) is 5.59. The third-order valence-electron chi connectivity index (χ3n) is 6.30. The molecule has 1 unspecified atom stereocenters. The maximum absolute atomic E-state index is 12.9. The minimum atomic E-state index is -3.10. The molecule has 3 heterocycles. The summed E-state index contributed by atoms with van der Waals surface area (Å²) in [6.45, 7) is 3.18. The van der Waals surface area contributed by atoms with E-state index in [2.05, 4.69) is 10.0 Å². The highest BCUT2D eigenvalue weighted by molar-refractivity contribution is 7.91. The number of hydrogen-bond acceptors (Lipinski definition) is 6. The number of carbonyl (C=O) groups is 2. The minimum Gasteiger partial charge on any atom is -0.335 e. The van der Waals surface area contributed by atoms with Gasteiger partial charge in [0.2, 0.25) is 5.91 Å². The van der Waals surface area contributed by atoms with Crippen LogP contribution in [-0.4, -0.2) is 90.5 Å². The summed E-state index contributed by atoms with van der Waals surface area (Å²) in [5.74, 6) is -0.244. The average Bonchev–Trinajstić information content (AvgIpc) is 3.31. The van der Waals surface area contributed by atoms with Crippen molar-refractivity contribution in [2.75, 3.05) is 37.7 Å². The van der Waals surface area contributed by atoms with Gasteiger partial charge in [-0.3, -0.25) is 14.5 Å². The predicted molar refractivity (Wildman–Crippen MR) is 101 cm³/mol. The number of hydrogen-bond donors (Lipinski definition) is 0. The largest absolute Gasteiger partial charge is 0.335 e. The van der Waals surface area contributed by atoms with Crippen molar-refractivity contribution in [1.29, 1.82) is 0 Å². The molecule has 150 valence electrons. The lowest BCUT2D eigenvalue weighted by Gasteiger charge is -2.38. The van der Waals surface area contributed by atoms with Crippen molar-refractivity contribution in [1.82, 2.24) is 14.8 Å². The van der Waals surface area contributed by atoms with Gasteiger partial charge in [-0.15, -0.1) is 0 Å². The van der Waals surface area contributed by atoms with E-state index in [0.717, 1.165) is 13.1 Å². The lowest BCUT2D eigenvalue weighted by Crippen LogP contribution is -2.53. The van der Waals surface area contributed by atoms with Crippen LogP contribution in [0.15, 0.2) is 5.10 Å². The number of carbonyl (C=O) groups excluding carboxylic acids is 2. The second kappa shape index (κ2) is 7.50. The third-order valence-corrected chi connectivity index (χ3v) is 8.05. The predicted octanol–water partition coefficient (Wildman–Crippen LogP) is 0.239. The van der Waals surface area contributed by atoms with Crippen LogP contribution in [0.2, 0.25) is 0 Å². The monoisotopic (exact) mass is 396 g/mol. The molecule has 4 rings (SSSR count). The molecule has 3 fully saturated rings. The Hall–Kier alpha value is -1.48. The molecule has 0 spiro atoms. The van der Waals surface area contributed by atoms with Gasteiger partial charge in [0.05, 0.1) is 17.5 Å². The molecule has 3 aliphatic heterocycles. The quantitative estimate of drug-likeness (QED) is 0.682. The van der Waals surface area contributed by atoms with E-state index in [-0.39, 0.29) is 29.7 Å². The Morgan fingerprint density at radius 1 is 0.963 bits per heavy atom. The number of hydrazone groups is 1. The van der Waals surface area contributed by atoms with Gasteiger partial charge < -0.3 is 4.90 Å². The standard InChI is InChI=1S/C18H28N4O4S/c23-17-6-5-16(19-22(17)15-7-12-27(25,26)13-15)18(24)21-10-8-20(9-11-21)14-3-1-2-4-14/h14-15H,1-13H2. The summed E-state index contributed by atoms with van der Waals surface area (Å²) in [6.07, 6.45) is 6.12. The van der Waals surface area contributed by atoms with Crippen molar-refractivity contribution >= 4 is 27.4 Å². The number of amides is 2. The zero-order valence-electron chi connectivity index (χ0n) is 15.7. The fourth-order valence-corrected chi connectivity index (χ4v) is 6.41. The number of piperazine rings is 1. The van der Waals surface area contributed by atoms with Crippen molar-refractivity contribution in [2.45, 2.75) is 57.0 Å². The molecule has 0 N–H and O–H groups in total. The highest BCUT2D eigenvalue weighted by Crippen LogP contribution is 2.25. The van der Waals surface area contributed by atoms with Gasteiger partial charge in [0.25, 0.3) is 5.91 Å². The topological polar surface area (TPSA) is 90.4 Å². The molecule has 0 bridgehead atoms. The molecule has 0 radical (unpaired) electrons. The Morgan fingerprint density at radius 2 is 1.67 bits per heavy atom. The molecule has 2 saturated heterocycles. The molecular weight excluding hydrogens is 368 g/mol. The lowest BCUT2D eigenvalue weighted by atomic mass is 10.1. The molecule has 8 nitrogen and oxygen atoms in total. The smallest absolute Gasteiger partial charge is 0.270 e. The van der Waals surface area contributed by atoms with Crippen LogP contribution in [0.25, 0.3) is 0 Å². The van der Waals surface area contributed by atoms with Crippen LogP contribution in [-0.2, 0) is 19.4 Å². The number of rotatable bonds is 3. The van der Waals surface area contributed by atoms with Crippen LogP contribution in [0.4, 0.5) is 0 Å². The van der Waals surface area contributed by atoms with E-state index in [0.29, 0.717) is 37.7 Å². The Morgan fingerprint density at radius 3 is 2.30 bits per heavy atom. The van der Waals surface area contributed by atoms with Crippen molar-refractivity contribution in [3.8, 4) is 0 Å². The molecule has 0 aromatic rings. The summed E-state index contributed by atoms with van der Waals surface area (Å²) in [6, 6.07) is 0.247. The average molecular weight is 397 g/mol. The Kier molecular flexibility index (Phi) is 5.24. The zero-order chi connectivity index (χ0) is 19.0. The van der Waals surface area contributed by atoms with Crippen LogP contribution in [0.1, 0.15) is 44.9 Å². The molecule has 1 aliphatic carbocycles. The fourth-order valence-electron chi connectivity index (χ4n) is 4.72. The van der Waals surface area contributed by atoms with Crippen molar-refractivity contribution < 1.29 is 18.0 Å². The number of sulfone groups is 1. The van der Waals surface area contributed by atoms with Crippen LogP contribution in [0, 0.1) is 0 Å². The Bertz CT molecular complexity index is 736. The van der Waals surface area contributed by atoms with Gasteiger partial charge in [-0.25, -0.2) is 13.4 Å². The second-order valence-corrected chi connectivity index (χ2v) is 10.3. The molecule has 1 saturated carbocycles. The van der Waals surface area contributed by atoms with E-state index >= 15 is 0 Å². The first-order valence-corrected chi connectivity index (χ1v) is 11.9. The normalized spacial score (nSPS) is 30.0. The molecule has 9 heteroatoms. The summed E-state index contributed by atoms with van der Waals surface area (Å²) in [5.41, 5.74) is 0.396. The highest BCUT2D eigenvalue weighted by atomic mass is 32.2. The molecule has 27 heavy (non-hydrogen) atoms. The third kappa shape index (κ3) is 4.03. The van der Waals surface area contributed by atoms with Crippen LogP contribution in [0.3, 0.4) is 0 Å². The first-order valence-electron chi connectivity index (χ1n) is 10.1. The van der Waals surface area contributed by atoms with Gasteiger partial charge >= 0.3 is 0 Å². The highest BCUT2D eigenvalue weighted by Gasteiger charge is 2.38. The Balaban J connectivity index is 1.39. The minimum absolute atomic E-state index is 0.0518. The molecule has 0 aromatic heterocycles. The lowest BCUT2D eigenvalue weighted by molar-refractivity contribution is -0.134. The van der Waals surface area contributed by atoms with Crippen LogP contribution in [0.5, 0.6) is 0 Å². The van der Waals surface area contributed by atoms with E-state index < -0.39 is 15.9 Å². The maximum Gasteiger partial charge on any atom is 0.270 e. The first-order chi connectivity index (χ1) is 12.9. The second-order valence-electron chi connectivity index (χ2n) is 8.11. The molecule has 4 aliphatic rings. The van der Waals surface area contributed by atoms with Gasteiger partial charge in [0.1, 0.15) is 5.71 Å². The molecule has 2 amide bonds. The summed E-state index contributed by atoms with van der Waals surface area (Å²) < 4.78 is 23.5. The van der Waals surface area contributed by atoms with Crippen molar-refractivity contribution in [2.24, 2.45) is 5.10 Å². The summed E-state index contributed by atoms with van der Waals surface area (Å²) in [7, 11) is -3.10. The molecular formula is C18H28N4O4S. The van der Waals surface area contributed by atoms with Gasteiger partial charge in [0, 0.05) is 45.1 Å². The van der Waals surface area contributed by atoms with Crippen molar-refractivity contribution in [3.05, 3.63) is 0 Å². The van der Waals surface area contributed by atoms with Crippen molar-refractivity contribution in [3.63, 3.8) is 0 Å². The van der Waals surface area contributed by atoms with E-state index in [1.165, 1.54) is 30.7 Å². The SMILES string of the molecule is O=C(C1=NN(C2CCS(=O)(=O)C2)C(=O)CC1)N1CCN(C2CCCC2)CC1. The Labute approximate surface area is 160 Å². The van der Waals surface area contributed by atoms with Gasteiger partial charge in [-0.1, -0.05) is 12.8 Å². The van der Waals surface area contributed by atoms with E-state index in [1.807, 2.05) is 4.90 Å². The van der Waals surface area contributed by atoms with Crippen LogP contribution < -0.4 is 0 Å². The number of nitrogens with zero attached hydrogens (tertiary/aromatic N) is 4. The van der Waals surface area contributed by atoms with Gasteiger partial charge in [-0.05, 0) is 19.3 Å². The molecule has 1 atom stereocenters. The van der Waals surface area contributed by atoms with E-state index in [1.54, 1.807) is 0 Å². The van der Waals surface area contributed by atoms with Gasteiger partial charge in [0.15, 0.2) is 9.84 Å². The maximum atomic E-state index is 12.9. The van der Waals surface area contributed by atoms with E-state index in [9.17, 15) is 18.0 Å². The summed E-state index contributed by atoms with van der Waals surface area (Å²) >= 11 is 0. The summed E-state index contributed by atoms with van der Waals surface area (Å²) in [4.78, 5) is 29.5. The first kappa shape index (κ1) is 18.9. The zero-order valence-corrected chi connectivity index (χ0v) is 16.5.